The van der Waals surface area contributed by atoms with Crippen molar-refractivity contribution in [3.8, 4) is 0 Å². The molecule has 0 atom stereocenters. The molecule has 1 aliphatic heterocycles. The van der Waals surface area contributed by atoms with Crippen molar-refractivity contribution in [3.05, 3.63) is 53.9 Å². The smallest absolute Gasteiger partial charge is 0.338 e. The maximum absolute atomic E-state index is 10.0. The van der Waals surface area contributed by atoms with E-state index < -0.39 is 5.97 Å². The molecule has 2 aromatic rings. The van der Waals surface area contributed by atoms with Gasteiger partial charge in [0.05, 0.1) is 11.8 Å². The number of benzene rings is 1. The number of hydrogen-bond donors (Lipinski definition) is 3. The summed E-state index contributed by atoms with van der Waals surface area (Å²) in [6.45, 7) is 0.955. The third kappa shape index (κ3) is 2.98. The molecule has 5 heteroatoms. The number of para-hydroxylation sites is 1. The Balaban J connectivity index is 0.000000138. The Kier molecular flexibility index (Phi) is 3.76. The Bertz CT molecular complexity index is 547. The van der Waals surface area contributed by atoms with Crippen LogP contribution in [0.3, 0.4) is 0 Å². The highest BCUT2D eigenvalue weighted by atomic mass is 16.4. The molecule has 2 heterocycles. The Morgan fingerprint density at radius 3 is 2.78 bits per heavy atom. The number of anilines is 1. The van der Waals surface area contributed by atoms with Gasteiger partial charge in [0.2, 0.25) is 0 Å². The second kappa shape index (κ2) is 5.67. The van der Waals surface area contributed by atoms with Crippen molar-refractivity contribution in [2.45, 2.75) is 0 Å². The van der Waals surface area contributed by atoms with Gasteiger partial charge >= 0.3 is 5.97 Å². The fourth-order valence-corrected chi connectivity index (χ4v) is 1.53. The van der Waals surface area contributed by atoms with Crippen LogP contribution in [0.4, 0.5) is 5.69 Å². The number of nitrogens with one attached hydrogen (secondary N) is 2. The van der Waals surface area contributed by atoms with E-state index in [0.29, 0.717) is 0 Å². The lowest BCUT2D eigenvalue weighted by molar-refractivity contribution is 0.0697. The summed E-state index contributed by atoms with van der Waals surface area (Å²) in [5.74, 6) is -0.959. The minimum absolute atomic E-state index is 0.185. The summed E-state index contributed by atoms with van der Waals surface area (Å²) in [5, 5.41) is 17.3. The first-order chi connectivity index (χ1) is 8.77. The Morgan fingerprint density at radius 2 is 2.17 bits per heavy atom. The van der Waals surface area contributed by atoms with Crippen LogP contribution in [0.25, 0.3) is 6.08 Å². The fourth-order valence-electron chi connectivity index (χ4n) is 1.53. The topological polar surface area (TPSA) is 78.0 Å². The summed E-state index contributed by atoms with van der Waals surface area (Å²) in [6, 6.07) is 8.30. The van der Waals surface area contributed by atoms with E-state index in [2.05, 4.69) is 45.9 Å². The zero-order chi connectivity index (χ0) is 12.8. The lowest BCUT2D eigenvalue weighted by Crippen LogP contribution is -2.03. The summed E-state index contributed by atoms with van der Waals surface area (Å²) < 4.78 is 0. The Morgan fingerprint density at radius 1 is 1.33 bits per heavy atom. The number of fused-ring (bicyclic) bond motifs is 1. The van der Waals surface area contributed by atoms with Gasteiger partial charge in [-0.3, -0.25) is 5.10 Å². The zero-order valence-electron chi connectivity index (χ0n) is 9.63. The number of carbonyl (C=O) groups is 1. The van der Waals surface area contributed by atoms with E-state index in [0.717, 1.165) is 6.54 Å². The predicted molar refractivity (Wildman–Crippen MR) is 69.5 cm³/mol. The van der Waals surface area contributed by atoms with E-state index >= 15 is 0 Å². The molecule has 0 radical (unpaired) electrons. The average Bonchev–Trinajstić information content (AvgIpc) is 2.94. The zero-order valence-corrected chi connectivity index (χ0v) is 9.63. The van der Waals surface area contributed by atoms with Gasteiger partial charge in [-0.15, -0.1) is 0 Å². The first kappa shape index (κ1) is 11.9. The number of H-pyrrole nitrogens is 1. The maximum atomic E-state index is 10.0. The third-order valence-electron chi connectivity index (χ3n) is 2.41. The molecule has 0 spiro atoms. The van der Waals surface area contributed by atoms with Crippen molar-refractivity contribution in [3.63, 3.8) is 0 Å². The van der Waals surface area contributed by atoms with Crippen LogP contribution < -0.4 is 5.32 Å². The molecule has 0 saturated carbocycles. The third-order valence-corrected chi connectivity index (χ3v) is 2.41. The van der Waals surface area contributed by atoms with Gasteiger partial charge in [-0.2, -0.15) is 5.10 Å². The number of hydrogen-bond acceptors (Lipinski definition) is 3. The van der Waals surface area contributed by atoms with Gasteiger partial charge in [0.15, 0.2) is 0 Å². The van der Waals surface area contributed by atoms with Crippen LogP contribution in [-0.2, 0) is 0 Å². The van der Waals surface area contributed by atoms with E-state index in [1.54, 1.807) is 0 Å². The van der Waals surface area contributed by atoms with Crippen molar-refractivity contribution >= 4 is 17.7 Å². The molecule has 0 fully saturated rings. The summed E-state index contributed by atoms with van der Waals surface area (Å²) >= 11 is 0. The molecule has 1 aromatic carbocycles. The van der Waals surface area contributed by atoms with Gasteiger partial charge in [-0.05, 0) is 11.6 Å². The molecular weight excluding hydrogens is 230 g/mol. The van der Waals surface area contributed by atoms with Gasteiger partial charge in [-0.1, -0.05) is 30.4 Å². The molecule has 0 unspecified atom stereocenters. The lowest BCUT2D eigenvalue weighted by Gasteiger charge is -2.11. The number of carboxylic acids is 1. The number of aromatic amines is 1. The summed E-state index contributed by atoms with van der Waals surface area (Å²) in [5.41, 5.74) is 2.71. The van der Waals surface area contributed by atoms with Gasteiger partial charge in [0, 0.05) is 18.4 Å². The number of carboxylic acid groups (broad SMARTS) is 1. The highest BCUT2D eigenvalue weighted by molar-refractivity contribution is 5.86. The summed E-state index contributed by atoms with van der Waals surface area (Å²) in [7, 11) is 0. The van der Waals surface area contributed by atoms with Crippen molar-refractivity contribution in [1.29, 1.82) is 0 Å². The van der Waals surface area contributed by atoms with Gasteiger partial charge in [0.1, 0.15) is 0 Å². The van der Waals surface area contributed by atoms with Crippen LogP contribution in [0.1, 0.15) is 15.9 Å². The van der Waals surface area contributed by atoms with Crippen LogP contribution in [0, 0.1) is 0 Å². The highest BCUT2D eigenvalue weighted by Gasteiger charge is 2.00. The maximum Gasteiger partial charge on any atom is 0.338 e. The second-order valence-corrected chi connectivity index (χ2v) is 3.66. The molecule has 3 rings (SSSR count). The first-order valence-electron chi connectivity index (χ1n) is 5.49. The standard InChI is InChI=1S/C9H9N.C4H4N2O2/c1-2-6-9-8(4-1)5-3-7-10-9;7-4(8)3-1-5-6-2-3/h1-6,10H,7H2;1-2H,(H,5,6)(H,7,8). The Hall–Kier alpha value is -2.56. The summed E-state index contributed by atoms with van der Waals surface area (Å²) in [4.78, 5) is 10.0. The second-order valence-electron chi connectivity index (χ2n) is 3.66. The van der Waals surface area contributed by atoms with Crippen LogP contribution in [0.15, 0.2) is 42.7 Å². The molecule has 0 bridgehead atoms. The van der Waals surface area contributed by atoms with Crippen LogP contribution in [-0.4, -0.2) is 27.8 Å². The van der Waals surface area contributed by atoms with E-state index in [1.807, 2.05) is 6.07 Å². The van der Waals surface area contributed by atoms with E-state index in [-0.39, 0.29) is 5.56 Å². The molecule has 3 N–H and O–H groups in total. The van der Waals surface area contributed by atoms with Crippen molar-refractivity contribution in [2.75, 3.05) is 11.9 Å². The first-order valence-corrected chi connectivity index (χ1v) is 5.49. The minimum atomic E-state index is -0.959. The van der Waals surface area contributed by atoms with E-state index in [9.17, 15) is 4.79 Å². The number of aromatic carboxylic acids is 1. The predicted octanol–water partition coefficient (Wildman–Crippen LogP) is 2.23. The van der Waals surface area contributed by atoms with Crippen LogP contribution >= 0.6 is 0 Å². The normalized spacial score (nSPS) is 11.8. The summed E-state index contributed by atoms with van der Waals surface area (Å²) in [6.07, 6.45) is 6.85. The number of nitrogens with zero attached hydrogens (tertiary/aromatic N) is 1. The Labute approximate surface area is 104 Å². The fraction of sp³-hybridized carbons (Fsp3) is 0.0769. The van der Waals surface area contributed by atoms with Gasteiger partial charge < -0.3 is 10.4 Å². The van der Waals surface area contributed by atoms with Gasteiger partial charge in [0.25, 0.3) is 0 Å². The quantitative estimate of drug-likeness (QED) is 0.717. The molecule has 92 valence electrons. The molecule has 5 nitrogen and oxygen atoms in total. The monoisotopic (exact) mass is 243 g/mol. The molecule has 1 aliphatic rings. The van der Waals surface area contributed by atoms with Crippen LogP contribution in [0.5, 0.6) is 0 Å². The number of rotatable bonds is 1. The minimum Gasteiger partial charge on any atom is -0.478 e. The molecule has 18 heavy (non-hydrogen) atoms. The molecule has 0 aliphatic carbocycles. The molecule has 1 aromatic heterocycles. The highest BCUT2D eigenvalue weighted by Crippen LogP contribution is 2.18. The number of aromatic nitrogens is 2. The molecule has 0 amide bonds. The van der Waals surface area contributed by atoms with Crippen molar-refractivity contribution < 1.29 is 9.90 Å². The van der Waals surface area contributed by atoms with E-state index in [1.165, 1.54) is 23.6 Å². The average molecular weight is 243 g/mol. The SMILES string of the molecule is C1=Cc2ccccc2NC1.O=C(O)c1cn[nH]c1. The van der Waals surface area contributed by atoms with Crippen LogP contribution in [0.2, 0.25) is 0 Å². The van der Waals surface area contributed by atoms with Crippen molar-refractivity contribution in [2.24, 2.45) is 0 Å². The largest absolute Gasteiger partial charge is 0.478 e. The van der Waals surface area contributed by atoms with Gasteiger partial charge in [-0.25, -0.2) is 4.79 Å². The molecule has 0 saturated heterocycles. The molecular formula is C13H13N3O2. The van der Waals surface area contributed by atoms with E-state index in [4.69, 9.17) is 5.11 Å². The lowest BCUT2D eigenvalue weighted by atomic mass is 10.1. The van der Waals surface area contributed by atoms with Crippen molar-refractivity contribution in [1.82, 2.24) is 10.2 Å².